The smallest absolute Gasteiger partial charge is 0.0723 e. The predicted molar refractivity (Wildman–Crippen MR) is 79.6 cm³/mol. The van der Waals surface area contributed by atoms with E-state index in [-0.39, 0.29) is 10.8 Å². The Morgan fingerprint density at radius 2 is 1.47 bits per heavy atom. The quantitative estimate of drug-likeness (QED) is 0.672. The van der Waals surface area contributed by atoms with Gasteiger partial charge in [-0.25, -0.2) is 0 Å². The first-order chi connectivity index (χ1) is 8.74. The number of ether oxygens (including phenoxy) is 1. The fourth-order valence-electron chi connectivity index (χ4n) is 4.05. The Morgan fingerprint density at radius 3 is 2.05 bits per heavy atom. The Morgan fingerprint density at radius 1 is 0.947 bits per heavy atom. The highest BCUT2D eigenvalue weighted by Crippen LogP contribution is 2.54. The summed E-state index contributed by atoms with van der Waals surface area (Å²) in [5.41, 5.74) is 6.57. The van der Waals surface area contributed by atoms with Crippen LogP contribution < -0.4 is 0 Å². The topological polar surface area (TPSA) is 9.23 Å². The van der Waals surface area contributed by atoms with Gasteiger partial charge in [0.05, 0.1) is 12.7 Å². The second kappa shape index (κ2) is 3.85. The van der Waals surface area contributed by atoms with Crippen molar-refractivity contribution in [3.63, 3.8) is 0 Å². The van der Waals surface area contributed by atoms with Gasteiger partial charge in [-0.2, -0.15) is 0 Å². The number of fused-ring (bicyclic) bond motifs is 2. The number of rotatable bonds is 0. The van der Waals surface area contributed by atoms with Gasteiger partial charge in [0.2, 0.25) is 0 Å². The summed E-state index contributed by atoms with van der Waals surface area (Å²) >= 11 is 0. The van der Waals surface area contributed by atoms with E-state index >= 15 is 0 Å². The van der Waals surface area contributed by atoms with E-state index in [2.05, 4.69) is 53.7 Å². The second-order valence-electron chi connectivity index (χ2n) is 7.66. The highest BCUT2D eigenvalue weighted by Gasteiger charge is 2.48. The summed E-state index contributed by atoms with van der Waals surface area (Å²) in [6.45, 7) is 15.0. The third kappa shape index (κ3) is 1.71. The molecule has 1 heterocycles. The SMILES string of the molecule is CC1Cc2cc3c(cc2CO1)C(C)(C)C(C)C3(C)C. The van der Waals surface area contributed by atoms with E-state index in [1.807, 2.05) is 0 Å². The Kier molecular flexibility index (Phi) is 2.67. The van der Waals surface area contributed by atoms with Gasteiger partial charge in [-0.05, 0) is 52.3 Å². The van der Waals surface area contributed by atoms with E-state index in [0.29, 0.717) is 12.0 Å². The average molecular weight is 258 g/mol. The van der Waals surface area contributed by atoms with Crippen LogP contribution in [0.4, 0.5) is 0 Å². The maximum atomic E-state index is 5.81. The molecule has 0 fully saturated rings. The summed E-state index contributed by atoms with van der Waals surface area (Å²) in [4.78, 5) is 0. The molecule has 1 aromatic rings. The minimum absolute atomic E-state index is 0.261. The Labute approximate surface area is 117 Å². The molecule has 1 aromatic carbocycles. The molecule has 0 bridgehead atoms. The first-order valence-corrected chi connectivity index (χ1v) is 7.53. The lowest BCUT2D eigenvalue weighted by molar-refractivity contribution is 0.0409. The fourth-order valence-corrected chi connectivity index (χ4v) is 4.05. The van der Waals surface area contributed by atoms with E-state index in [1.54, 1.807) is 11.1 Å². The molecule has 0 amide bonds. The van der Waals surface area contributed by atoms with Gasteiger partial charge in [-0.15, -0.1) is 0 Å². The van der Waals surface area contributed by atoms with Gasteiger partial charge in [-0.3, -0.25) is 0 Å². The van der Waals surface area contributed by atoms with E-state index < -0.39 is 0 Å². The lowest BCUT2D eigenvalue weighted by Gasteiger charge is -2.32. The van der Waals surface area contributed by atoms with Crippen LogP contribution >= 0.6 is 0 Å². The molecule has 0 N–H and O–H groups in total. The molecule has 0 aromatic heterocycles. The molecule has 1 heteroatoms. The summed E-state index contributed by atoms with van der Waals surface area (Å²) in [6, 6.07) is 4.91. The minimum atomic E-state index is 0.261. The van der Waals surface area contributed by atoms with Crippen molar-refractivity contribution in [3.05, 3.63) is 34.4 Å². The van der Waals surface area contributed by atoms with Crippen molar-refractivity contribution in [2.75, 3.05) is 0 Å². The maximum Gasteiger partial charge on any atom is 0.0723 e. The first-order valence-electron chi connectivity index (χ1n) is 7.53. The second-order valence-corrected chi connectivity index (χ2v) is 7.66. The summed E-state index contributed by atoms with van der Waals surface area (Å²) in [7, 11) is 0. The molecule has 1 aliphatic heterocycles. The Hall–Kier alpha value is -0.820. The summed E-state index contributed by atoms with van der Waals surface area (Å²) in [6.07, 6.45) is 1.42. The third-order valence-corrected chi connectivity index (χ3v) is 5.92. The van der Waals surface area contributed by atoms with Crippen molar-refractivity contribution in [2.24, 2.45) is 5.92 Å². The monoisotopic (exact) mass is 258 g/mol. The van der Waals surface area contributed by atoms with Crippen molar-refractivity contribution in [1.29, 1.82) is 0 Å². The van der Waals surface area contributed by atoms with Gasteiger partial charge in [-0.1, -0.05) is 46.8 Å². The van der Waals surface area contributed by atoms with E-state index in [0.717, 1.165) is 13.0 Å². The molecule has 104 valence electrons. The normalized spacial score (nSPS) is 30.8. The summed E-state index contributed by atoms with van der Waals surface area (Å²) in [5, 5.41) is 0. The summed E-state index contributed by atoms with van der Waals surface area (Å²) in [5.74, 6) is 0.664. The standard InChI is InChI=1S/C18H26O/c1-11-7-13-8-15-16(9-14(13)10-19-11)18(5,6)12(2)17(15,3)4/h8-9,11-12H,7,10H2,1-6H3. The fraction of sp³-hybridized carbons (Fsp3) is 0.667. The van der Waals surface area contributed by atoms with E-state index in [9.17, 15) is 0 Å². The van der Waals surface area contributed by atoms with Gasteiger partial charge in [0.1, 0.15) is 0 Å². The number of hydrogen-bond donors (Lipinski definition) is 0. The molecule has 19 heavy (non-hydrogen) atoms. The molecule has 3 rings (SSSR count). The lowest BCUT2D eigenvalue weighted by atomic mass is 9.71. The van der Waals surface area contributed by atoms with Crippen LogP contribution in [0.3, 0.4) is 0 Å². The number of benzene rings is 1. The molecule has 1 nitrogen and oxygen atoms in total. The zero-order valence-electron chi connectivity index (χ0n) is 13.1. The third-order valence-electron chi connectivity index (χ3n) is 5.92. The lowest BCUT2D eigenvalue weighted by Crippen LogP contribution is -2.30. The van der Waals surface area contributed by atoms with Crippen LogP contribution in [0, 0.1) is 5.92 Å². The molecule has 2 aliphatic rings. The molecule has 0 spiro atoms. The van der Waals surface area contributed by atoms with Gasteiger partial charge >= 0.3 is 0 Å². The van der Waals surface area contributed by atoms with Gasteiger partial charge in [0.25, 0.3) is 0 Å². The van der Waals surface area contributed by atoms with E-state index in [4.69, 9.17) is 4.74 Å². The largest absolute Gasteiger partial charge is 0.373 e. The van der Waals surface area contributed by atoms with Gasteiger partial charge in [0, 0.05) is 0 Å². The maximum absolute atomic E-state index is 5.81. The van der Waals surface area contributed by atoms with Crippen LogP contribution in [-0.2, 0) is 28.6 Å². The molecular formula is C18H26O. The van der Waals surface area contributed by atoms with Gasteiger partial charge in [0.15, 0.2) is 0 Å². The van der Waals surface area contributed by atoms with Crippen LogP contribution in [-0.4, -0.2) is 6.10 Å². The van der Waals surface area contributed by atoms with Crippen molar-refractivity contribution < 1.29 is 4.74 Å². The number of hydrogen-bond acceptors (Lipinski definition) is 1. The van der Waals surface area contributed by atoms with Crippen molar-refractivity contribution in [3.8, 4) is 0 Å². The molecular weight excluding hydrogens is 232 g/mol. The highest BCUT2D eigenvalue weighted by molar-refractivity contribution is 5.51. The van der Waals surface area contributed by atoms with Crippen LogP contribution in [0.2, 0.25) is 0 Å². The first kappa shape index (κ1) is 13.2. The van der Waals surface area contributed by atoms with Crippen molar-refractivity contribution in [1.82, 2.24) is 0 Å². The van der Waals surface area contributed by atoms with Crippen molar-refractivity contribution in [2.45, 2.75) is 71.5 Å². The van der Waals surface area contributed by atoms with E-state index in [1.165, 1.54) is 11.1 Å². The zero-order valence-corrected chi connectivity index (χ0v) is 13.1. The molecule has 0 saturated heterocycles. The Bertz CT molecular complexity index is 525. The Balaban J connectivity index is 2.19. The van der Waals surface area contributed by atoms with Crippen LogP contribution in [0.25, 0.3) is 0 Å². The summed E-state index contributed by atoms with van der Waals surface area (Å²) < 4.78 is 5.81. The predicted octanol–water partition coefficient (Wildman–Crippen LogP) is 4.35. The highest BCUT2D eigenvalue weighted by atomic mass is 16.5. The van der Waals surface area contributed by atoms with Crippen molar-refractivity contribution >= 4 is 0 Å². The zero-order chi connectivity index (χ0) is 14.0. The molecule has 2 unspecified atom stereocenters. The van der Waals surface area contributed by atoms with Crippen LogP contribution in [0.15, 0.2) is 12.1 Å². The molecule has 2 atom stereocenters. The van der Waals surface area contributed by atoms with Crippen LogP contribution in [0.1, 0.15) is 63.8 Å². The molecule has 0 radical (unpaired) electrons. The molecule has 0 saturated carbocycles. The van der Waals surface area contributed by atoms with Gasteiger partial charge < -0.3 is 4.74 Å². The minimum Gasteiger partial charge on any atom is -0.373 e. The average Bonchev–Trinajstić information content (AvgIpc) is 2.47. The molecule has 1 aliphatic carbocycles. The van der Waals surface area contributed by atoms with Crippen LogP contribution in [0.5, 0.6) is 0 Å².